The highest BCUT2D eigenvalue weighted by Gasteiger charge is 2.38. The number of carbonyl (C=O) groups excluding carboxylic acids is 4. The molecule has 4 rings (SSSR count). The molecular weight excluding hydrogens is 549 g/mol. The maximum atomic E-state index is 13.9. The van der Waals surface area contributed by atoms with E-state index in [4.69, 9.17) is 0 Å². The van der Waals surface area contributed by atoms with Crippen LogP contribution in [0.2, 0.25) is 0 Å². The summed E-state index contributed by atoms with van der Waals surface area (Å²) in [4.78, 5) is 58.3. The van der Waals surface area contributed by atoms with Crippen LogP contribution in [0.25, 0.3) is 0 Å². The van der Waals surface area contributed by atoms with E-state index in [1.807, 2.05) is 6.07 Å². The van der Waals surface area contributed by atoms with Gasteiger partial charge in [-0.25, -0.2) is 4.99 Å². The number of rotatable bonds is 9. The van der Waals surface area contributed by atoms with Crippen molar-refractivity contribution in [1.29, 1.82) is 0 Å². The van der Waals surface area contributed by atoms with Crippen LogP contribution < -0.4 is 15.5 Å². The summed E-state index contributed by atoms with van der Waals surface area (Å²) in [6.45, 7) is 1.82. The third-order valence-corrected chi connectivity index (χ3v) is 6.75. The minimum absolute atomic E-state index is 0.341. The summed E-state index contributed by atoms with van der Waals surface area (Å²) < 4.78 is 38.6. The Balaban J connectivity index is 1.65. The zero-order chi connectivity index (χ0) is 30.4. The minimum atomic E-state index is -4.56. The van der Waals surface area contributed by atoms with E-state index in [1.54, 1.807) is 78.9 Å². The number of ketones is 1. The Morgan fingerprint density at radius 2 is 1.50 bits per heavy atom. The zero-order valence-electron chi connectivity index (χ0n) is 22.9. The number of Topliss-reactive ketones (excluding diaryl/α,β-unsaturated/α-hetero) is 1. The molecule has 11 heteroatoms. The van der Waals surface area contributed by atoms with Gasteiger partial charge in [0.2, 0.25) is 18.0 Å². The van der Waals surface area contributed by atoms with E-state index in [0.717, 1.165) is 6.92 Å². The zero-order valence-corrected chi connectivity index (χ0v) is 22.9. The highest BCUT2D eigenvalue weighted by atomic mass is 19.4. The summed E-state index contributed by atoms with van der Waals surface area (Å²) in [5.41, 5.74) is 2.39. The fourth-order valence-electron chi connectivity index (χ4n) is 4.39. The van der Waals surface area contributed by atoms with Crippen LogP contribution in [0.4, 0.5) is 18.9 Å². The Morgan fingerprint density at radius 3 is 2.14 bits per heavy atom. The number of hydrogen-bond acceptors (Lipinski definition) is 5. The first-order chi connectivity index (χ1) is 20.0. The van der Waals surface area contributed by atoms with Crippen molar-refractivity contribution in [3.05, 3.63) is 102 Å². The van der Waals surface area contributed by atoms with Gasteiger partial charge in [0.15, 0.2) is 5.78 Å². The van der Waals surface area contributed by atoms with Gasteiger partial charge < -0.3 is 15.5 Å². The topological polar surface area (TPSA) is 108 Å². The fourth-order valence-corrected chi connectivity index (χ4v) is 4.39. The molecule has 1 aliphatic heterocycles. The quantitative estimate of drug-likeness (QED) is 0.370. The molecule has 42 heavy (non-hydrogen) atoms. The molecule has 0 saturated carbocycles. The van der Waals surface area contributed by atoms with Gasteiger partial charge in [-0.1, -0.05) is 85.8 Å². The van der Waals surface area contributed by atoms with Crippen molar-refractivity contribution in [1.82, 2.24) is 10.6 Å². The van der Waals surface area contributed by atoms with E-state index in [9.17, 15) is 32.3 Å². The van der Waals surface area contributed by atoms with E-state index in [-0.39, 0.29) is 12.3 Å². The normalized spacial score (nSPS) is 16.4. The van der Waals surface area contributed by atoms with E-state index < -0.39 is 48.4 Å². The van der Waals surface area contributed by atoms with E-state index >= 15 is 0 Å². The van der Waals surface area contributed by atoms with Gasteiger partial charge in [0.1, 0.15) is 6.04 Å². The second-order valence-electron chi connectivity index (χ2n) is 9.92. The second-order valence-corrected chi connectivity index (χ2v) is 9.92. The average molecular weight is 579 g/mol. The number of aliphatic imine (C=N–C) groups is 1. The number of fused-ring (bicyclic) bond motifs is 1. The number of halogens is 3. The van der Waals surface area contributed by atoms with Gasteiger partial charge in [-0.3, -0.25) is 19.2 Å². The molecule has 0 radical (unpaired) electrons. The van der Waals surface area contributed by atoms with Crippen molar-refractivity contribution in [3.63, 3.8) is 0 Å². The van der Waals surface area contributed by atoms with Crippen LogP contribution in [0, 0.1) is 5.92 Å². The number of para-hydroxylation sites is 1. The van der Waals surface area contributed by atoms with Crippen molar-refractivity contribution in [3.8, 4) is 0 Å². The van der Waals surface area contributed by atoms with Crippen molar-refractivity contribution in [2.75, 3.05) is 11.4 Å². The van der Waals surface area contributed by atoms with Crippen molar-refractivity contribution < 1.29 is 32.3 Å². The summed E-state index contributed by atoms with van der Waals surface area (Å²) in [5.74, 6) is -4.74. The summed E-state index contributed by atoms with van der Waals surface area (Å²) >= 11 is 0. The molecule has 2 unspecified atom stereocenters. The van der Waals surface area contributed by atoms with Crippen LogP contribution in [0.15, 0.2) is 89.9 Å². The third kappa shape index (κ3) is 7.09. The second kappa shape index (κ2) is 12.8. The van der Waals surface area contributed by atoms with Crippen molar-refractivity contribution >= 4 is 34.9 Å². The Kier molecular flexibility index (Phi) is 9.19. The number of alkyl halides is 3. The van der Waals surface area contributed by atoms with Crippen molar-refractivity contribution in [2.24, 2.45) is 10.9 Å². The highest BCUT2D eigenvalue weighted by molar-refractivity contribution is 6.21. The number of amides is 3. The maximum Gasteiger partial charge on any atom is 0.392 e. The van der Waals surface area contributed by atoms with Crippen LogP contribution in [0.5, 0.6) is 0 Å². The van der Waals surface area contributed by atoms with Gasteiger partial charge >= 0.3 is 6.18 Å². The van der Waals surface area contributed by atoms with E-state index in [1.165, 1.54) is 11.8 Å². The lowest BCUT2D eigenvalue weighted by molar-refractivity contribution is -0.174. The standard InChI is InChI=1S/C31H29F3N4O4/c1-19(31(32,33)34)17-26(40)35-20(2)29(41)37-28-30(42)38(18-25(39)21-11-5-3-6-12-21)24-16-10-9-15-23(24)27(36-28)22-13-7-4-8-14-22/h3-16,19-20,28H,17-18H2,1-2H3,(H,35,40)(H,37,41)/t19?,20-,28?/m0/s1. The van der Waals surface area contributed by atoms with Gasteiger partial charge in [0.25, 0.3) is 5.91 Å². The molecule has 3 aromatic carbocycles. The van der Waals surface area contributed by atoms with Crippen LogP contribution in [0.3, 0.4) is 0 Å². The SMILES string of the molecule is CC(CC(=O)N[C@@H](C)C(=O)NC1N=C(c2ccccc2)c2ccccc2N(CC(=O)c2ccccc2)C1=O)C(F)(F)F. The molecule has 0 saturated heterocycles. The number of nitrogens with zero attached hydrogens (tertiary/aromatic N) is 2. The summed E-state index contributed by atoms with van der Waals surface area (Å²) in [6, 6.07) is 23.0. The van der Waals surface area contributed by atoms with Crippen LogP contribution >= 0.6 is 0 Å². The molecule has 0 fully saturated rings. The molecule has 3 amide bonds. The van der Waals surface area contributed by atoms with Crippen LogP contribution in [0.1, 0.15) is 41.8 Å². The Labute approximate surface area is 240 Å². The summed E-state index contributed by atoms with van der Waals surface area (Å²) in [5, 5.41) is 4.76. The largest absolute Gasteiger partial charge is 0.392 e. The smallest absolute Gasteiger partial charge is 0.345 e. The molecule has 3 atom stereocenters. The molecular formula is C31H29F3N4O4. The van der Waals surface area contributed by atoms with E-state index in [2.05, 4.69) is 15.6 Å². The number of benzodiazepines with no additional fused rings is 1. The predicted octanol–water partition coefficient (Wildman–Crippen LogP) is 4.29. The summed E-state index contributed by atoms with van der Waals surface area (Å²) in [6.07, 6.45) is -6.92. The lowest BCUT2D eigenvalue weighted by Gasteiger charge is -2.25. The molecule has 3 aromatic rings. The van der Waals surface area contributed by atoms with Gasteiger partial charge in [0, 0.05) is 23.1 Å². The Hall–Kier alpha value is -4.80. The van der Waals surface area contributed by atoms with Gasteiger partial charge in [-0.05, 0) is 13.0 Å². The monoisotopic (exact) mass is 578 g/mol. The predicted molar refractivity (Wildman–Crippen MR) is 151 cm³/mol. The highest BCUT2D eigenvalue weighted by Crippen LogP contribution is 2.29. The molecule has 1 aliphatic rings. The molecule has 1 heterocycles. The number of carbonyl (C=O) groups is 4. The van der Waals surface area contributed by atoms with Gasteiger partial charge in [-0.15, -0.1) is 0 Å². The first kappa shape index (κ1) is 30.2. The Bertz CT molecular complexity index is 1490. The van der Waals surface area contributed by atoms with Crippen LogP contribution in [-0.4, -0.2) is 54.1 Å². The first-order valence-corrected chi connectivity index (χ1v) is 13.2. The number of benzene rings is 3. The first-order valence-electron chi connectivity index (χ1n) is 13.2. The van der Waals surface area contributed by atoms with Crippen molar-refractivity contribution in [2.45, 2.75) is 38.7 Å². The van der Waals surface area contributed by atoms with Gasteiger partial charge in [-0.2, -0.15) is 13.2 Å². The van der Waals surface area contributed by atoms with Gasteiger partial charge in [0.05, 0.1) is 23.9 Å². The molecule has 0 spiro atoms. The lowest BCUT2D eigenvalue weighted by Crippen LogP contribution is -2.53. The van der Waals surface area contributed by atoms with E-state index in [0.29, 0.717) is 28.1 Å². The number of nitrogens with one attached hydrogen (secondary N) is 2. The molecule has 0 aliphatic carbocycles. The molecule has 0 aromatic heterocycles. The minimum Gasteiger partial charge on any atom is -0.345 e. The molecule has 8 nitrogen and oxygen atoms in total. The molecule has 218 valence electrons. The average Bonchev–Trinajstić information content (AvgIpc) is 3.08. The number of hydrogen-bond donors (Lipinski definition) is 2. The summed E-state index contributed by atoms with van der Waals surface area (Å²) in [7, 11) is 0. The third-order valence-electron chi connectivity index (χ3n) is 6.75. The van der Waals surface area contributed by atoms with Crippen LogP contribution in [-0.2, 0) is 14.4 Å². The molecule has 0 bridgehead atoms. The fraction of sp³-hybridized carbons (Fsp3) is 0.258. The lowest BCUT2D eigenvalue weighted by atomic mass is 10.00. The maximum absolute atomic E-state index is 13.9. The Morgan fingerprint density at radius 1 is 0.905 bits per heavy atom. The number of anilines is 1. The molecule has 2 N–H and O–H groups in total.